The van der Waals surface area contributed by atoms with Gasteiger partial charge in [-0.15, -0.1) is 0 Å². The van der Waals surface area contributed by atoms with E-state index in [2.05, 4.69) is 15.4 Å². The third kappa shape index (κ3) is 4.08. The van der Waals surface area contributed by atoms with Gasteiger partial charge in [-0.25, -0.2) is 9.67 Å². The van der Waals surface area contributed by atoms with Crippen LogP contribution < -0.4 is 5.32 Å². The average Bonchev–Trinajstić information content (AvgIpc) is 3.04. The fourth-order valence-electron chi connectivity index (χ4n) is 2.59. The van der Waals surface area contributed by atoms with E-state index >= 15 is 0 Å². The van der Waals surface area contributed by atoms with E-state index in [1.54, 1.807) is 13.8 Å². The van der Waals surface area contributed by atoms with E-state index in [-0.39, 0.29) is 22.8 Å². The maximum absolute atomic E-state index is 12.7. The first-order chi connectivity index (χ1) is 13.6. The van der Waals surface area contributed by atoms with E-state index in [0.29, 0.717) is 17.5 Å². The molecule has 150 valence electrons. The van der Waals surface area contributed by atoms with E-state index in [1.165, 1.54) is 29.1 Å². The van der Waals surface area contributed by atoms with Crippen LogP contribution in [0.4, 0.5) is 24.5 Å². The van der Waals surface area contributed by atoms with Crippen molar-refractivity contribution in [2.75, 3.05) is 5.32 Å². The van der Waals surface area contributed by atoms with Gasteiger partial charge in [0.25, 0.3) is 11.6 Å². The lowest BCUT2D eigenvalue weighted by atomic mass is 10.1. The Bertz CT molecular complexity index is 1090. The van der Waals surface area contributed by atoms with Crippen molar-refractivity contribution in [3.05, 3.63) is 75.2 Å². The van der Waals surface area contributed by atoms with Gasteiger partial charge >= 0.3 is 6.18 Å². The van der Waals surface area contributed by atoms with Gasteiger partial charge in [-0.3, -0.25) is 14.9 Å². The van der Waals surface area contributed by atoms with Crippen molar-refractivity contribution in [3.63, 3.8) is 0 Å². The predicted octanol–water partition coefficient (Wildman–Crippen LogP) is 4.06. The maximum Gasteiger partial charge on any atom is 0.417 e. The molecule has 0 radical (unpaired) electrons. The molecule has 0 aliphatic carbocycles. The quantitative estimate of drug-likeness (QED) is 0.521. The van der Waals surface area contributed by atoms with Crippen LogP contribution in [0.5, 0.6) is 0 Å². The Morgan fingerprint density at radius 3 is 2.48 bits per heavy atom. The number of rotatable bonds is 4. The third-order valence-electron chi connectivity index (χ3n) is 4.23. The van der Waals surface area contributed by atoms with Crippen molar-refractivity contribution in [3.8, 4) is 5.82 Å². The second-order valence-corrected chi connectivity index (χ2v) is 6.17. The van der Waals surface area contributed by atoms with Gasteiger partial charge in [0.15, 0.2) is 5.82 Å². The molecular formula is C18H14F3N5O3. The van der Waals surface area contributed by atoms with Crippen LogP contribution in [-0.2, 0) is 6.18 Å². The number of non-ortho nitro benzene ring substituents is 1. The Morgan fingerprint density at radius 2 is 1.90 bits per heavy atom. The number of carbonyl (C=O) groups excluding carboxylic acids is 1. The first-order valence-electron chi connectivity index (χ1n) is 8.22. The monoisotopic (exact) mass is 405 g/mol. The summed E-state index contributed by atoms with van der Waals surface area (Å²) in [6.07, 6.45) is -2.58. The number of hydrogen-bond acceptors (Lipinski definition) is 5. The zero-order valence-electron chi connectivity index (χ0n) is 15.2. The highest BCUT2D eigenvalue weighted by molar-refractivity contribution is 6.05. The van der Waals surface area contributed by atoms with Crippen LogP contribution in [0.1, 0.15) is 27.2 Å². The molecule has 0 fully saturated rings. The highest BCUT2D eigenvalue weighted by atomic mass is 19.4. The minimum Gasteiger partial charge on any atom is -0.321 e. The topological polar surface area (TPSA) is 103 Å². The van der Waals surface area contributed by atoms with E-state index in [4.69, 9.17) is 0 Å². The number of carbonyl (C=O) groups is 1. The van der Waals surface area contributed by atoms with Crippen molar-refractivity contribution in [2.24, 2.45) is 0 Å². The molecule has 3 aromatic rings. The molecule has 1 aromatic carbocycles. The number of nitro benzene ring substituents is 1. The number of anilines is 1. The number of benzene rings is 1. The summed E-state index contributed by atoms with van der Waals surface area (Å²) in [6, 6.07) is 6.09. The summed E-state index contributed by atoms with van der Waals surface area (Å²) in [5.74, 6) is -0.453. The number of aryl methyl sites for hydroxylation is 1. The Kier molecular flexibility index (Phi) is 5.06. The average molecular weight is 405 g/mol. The van der Waals surface area contributed by atoms with Crippen LogP contribution in [0, 0.1) is 24.0 Å². The first-order valence-corrected chi connectivity index (χ1v) is 8.22. The molecule has 3 rings (SSSR count). The molecule has 0 bridgehead atoms. The molecule has 0 atom stereocenters. The van der Waals surface area contributed by atoms with Gasteiger partial charge in [-0.05, 0) is 31.5 Å². The molecule has 29 heavy (non-hydrogen) atoms. The lowest BCUT2D eigenvalue weighted by molar-refractivity contribution is -0.384. The summed E-state index contributed by atoms with van der Waals surface area (Å²) in [7, 11) is 0. The SMILES string of the molecule is Cc1ccc([N+](=O)[O-])cc1NC(=O)c1cnn(-c2ccc(C(F)(F)F)cn2)c1C. The normalized spacial score (nSPS) is 11.3. The molecule has 1 amide bonds. The van der Waals surface area contributed by atoms with Crippen molar-refractivity contribution in [2.45, 2.75) is 20.0 Å². The zero-order chi connectivity index (χ0) is 21.3. The van der Waals surface area contributed by atoms with Gasteiger partial charge in [-0.2, -0.15) is 18.3 Å². The smallest absolute Gasteiger partial charge is 0.321 e. The van der Waals surface area contributed by atoms with Crippen molar-refractivity contribution >= 4 is 17.3 Å². The molecule has 0 aliphatic heterocycles. The number of nitrogens with zero attached hydrogens (tertiary/aromatic N) is 4. The van der Waals surface area contributed by atoms with Gasteiger partial charge in [0, 0.05) is 18.3 Å². The second-order valence-electron chi connectivity index (χ2n) is 6.17. The summed E-state index contributed by atoms with van der Waals surface area (Å²) in [5, 5.41) is 17.5. The molecule has 1 N–H and O–H groups in total. The molecule has 8 nitrogen and oxygen atoms in total. The van der Waals surface area contributed by atoms with Gasteiger partial charge < -0.3 is 5.32 Å². The summed E-state index contributed by atoms with van der Waals surface area (Å²) in [4.78, 5) is 26.7. The Morgan fingerprint density at radius 1 is 1.17 bits per heavy atom. The maximum atomic E-state index is 12.7. The number of pyridine rings is 1. The van der Waals surface area contributed by atoms with Crippen LogP contribution >= 0.6 is 0 Å². The first kappa shape index (κ1) is 20.0. The van der Waals surface area contributed by atoms with Crippen LogP contribution in [0.3, 0.4) is 0 Å². The number of nitrogens with one attached hydrogen (secondary N) is 1. The van der Waals surface area contributed by atoms with E-state index in [9.17, 15) is 28.1 Å². The second kappa shape index (κ2) is 7.34. The standard InChI is InChI=1S/C18H14F3N5O3/c1-10-3-5-13(26(28)29)7-15(10)24-17(27)14-9-23-25(11(14)2)16-6-4-12(8-22-16)18(19,20)21/h3-9H,1-2H3,(H,24,27). The molecule has 0 saturated heterocycles. The Labute approximate surface area is 162 Å². The number of hydrogen-bond donors (Lipinski definition) is 1. The highest BCUT2D eigenvalue weighted by Gasteiger charge is 2.30. The van der Waals surface area contributed by atoms with Crippen LogP contribution in [-0.4, -0.2) is 25.6 Å². The Balaban J connectivity index is 1.87. The predicted molar refractivity (Wildman–Crippen MR) is 96.9 cm³/mol. The molecule has 2 aromatic heterocycles. The van der Waals surface area contributed by atoms with Crippen LogP contribution in [0.2, 0.25) is 0 Å². The van der Waals surface area contributed by atoms with E-state index in [0.717, 1.165) is 12.1 Å². The number of aromatic nitrogens is 3. The minimum absolute atomic E-state index is 0.112. The van der Waals surface area contributed by atoms with Gasteiger partial charge in [0.2, 0.25) is 0 Å². The van der Waals surface area contributed by atoms with Crippen molar-refractivity contribution in [1.29, 1.82) is 0 Å². The molecule has 0 spiro atoms. The van der Waals surface area contributed by atoms with E-state index < -0.39 is 22.6 Å². The summed E-state index contributed by atoms with van der Waals surface area (Å²) in [6.45, 7) is 3.24. The summed E-state index contributed by atoms with van der Waals surface area (Å²) in [5.41, 5.74) is 0.315. The lowest BCUT2D eigenvalue weighted by Gasteiger charge is -2.09. The largest absolute Gasteiger partial charge is 0.417 e. The molecule has 11 heteroatoms. The number of nitro groups is 1. The number of halogens is 3. The zero-order valence-corrected chi connectivity index (χ0v) is 15.2. The molecular weight excluding hydrogens is 391 g/mol. The van der Waals surface area contributed by atoms with Crippen LogP contribution in [0.15, 0.2) is 42.7 Å². The number of alkyl halides is 3. The van der Waals surface area contributed by atoms with Crippen LogP contribution in [0.25, 0.3) is 5.82 Å². The highest BCUT2D eigenvalue weighted by Crippen LogP contribution is 2.29. The number of amides is 1. The minimum atomic E-state index is -4.51. The van der Waals surface area contributed by atoms with Gasteiger partial charge in [0.1, 0.15) is 0 Å². The molecule has 0 aliphatic rings. The lowest BCUT2D eigenvalue weighted by Crippen LogP contribution is -2.14. The molecule has 2 heterocycles. The van der Waals surface area contributed by atoms with E-state index in [1.807, 2.05) is 0 Å². The fourth-order valence-corrected chi connectivity index (χ4v) is 2.59. The van der Waals surface area contributed by atoms with Crippen molar-refractivity contribution < 1.29 is 22.9 Å². The third-order valence-corrected chi connectivity index (χ3v) is 4.23. The van der Waals surface area contributed by atoms with Gasteiger partial charge in [0.05, 0.1) is 33.6 Å². The summed E-state index contributed by atoms with van der Waals surface area (Å²) < 4.78 is 39.2. The molecule has 0 unspecified atom stereocenters. The summed E-state index contributed by atoms with van der Waals surface area (Å²) >= 11 is 0. The van der Waals surface area contributed by atoms with Gasteiger partial charge in [-0.1, -0.05) is 6.07 Å². The fraction of sp³-hybridized carbons (Fsp3) is 0.167. The Hall–Kier alpha value is -3.76. The van der Waals surface area contributed by atoms with Crippen molar-refractivity contribution in [1.82, 2.24) is 14.8 Å². The molecule has 0 saturated carbocycles.